The van der Waals surface area contributed by atoms with E-state index in [2.05, 4.69) is 24.3 Å². The van der Waals surface area contributed by atoms with Crippen LogP contribution in [0.3, 0.4) is 0 Å². The van der Waals surface area contributed by atoms with Crippen LogP contribution in [0, 0.1) is 0 Å². The molecule has 0 saturated carbocycles. The van der Waals surface area contributed by atoms with E-state index in [4.69, 9.17) is 0 Å². The number of hydrogen-bond acceptors (Lipinski definition) is 2. The molecule has 0 radical (unpaired) electrons. The standard InChI is InChI=1S/C22H18OS/c1-24-21-14-12-20(13-15-21)22(23)16-9-17-7-10-19(11-8-17)18-5-3-2-4-6-18/h2-16H,1H3. The van der Waals surface area contributed by atoms with Gasteiger partial charge in [-0.15, -0.1) is 11.8 Å². The molecule has 1 nitrogen and oxygen atoms in total. The summed E-state index contributed by atoms with van der Waals surface area (Å²) in [5.41, 5.74) is 4.10. The monoisotopic (exact) mass is 330 g/mol. The van der Waals surface area contributed by atoms with Crippen molar-refractivity contribution in [2.75, 3.05) is 6.26 Å². The Hall–Kier alpha value is -2.58. The zero-order chi connectivity index (χ0) is 16.8. The fourth-order valence-corrected chi connectivity index (χ4v) is 2.85. The quantitative estimate of drug-likeness (QED) is 0.325. The molecular formula is C22H18OS. The van der Waals surface area contributed by atoms with E-state index < -0.39 is 0 Å². The van der Waals surface area contributed by atoms with Crippen molar-refractivity contribution in [2.24, 2.45) is 0 Å². The van der Waals surface area contributed by atoms with Crippen LogP contribution in [-0.4, -0.2) is 12.0 Å². The summed E-state index contributed by atoms with van der Waals surface area (Å²) in [6, 6.07) is 26.2. The smallest absolute Gasteiger partial charge is 0.185 e. The second-order valence-electron chi connectivity index (χ2n) is 5.41. The highest BCUT2D eigenvalue weighted by Crippen LogP contribution is 2.20. The van der Waals surface area contributed by atoms with Crippen LogP contribution >= 0.6 is 11.8 Å². The normalized spacial score (nSPS) is 10.9. The van der Waals surface area contributed by atoms with Gasteiger partial charge in [0.15, 0.2) is 5.78 Å². The van der Waals surface area contributed by atoms with E-state index in [9.17, 15) is 4.79 Å². The van der Waals surface area contributed by atoms with Crippen molar-refractivity contribution < 1.29 is 4.79 Å². The van der Waals surface area contributed by atoms with Crippen LogP contribution in [0.2, 0.25) is 0 Å². The third-order valence-corrected chi connectivity index (χ3v) is 4.56. The van der Waals surface area contributed by atoms with Gasteiger partial charge in [0.05, 0.1) is 0 Å². The minimum absolute atomic E-state index is 0.0230. The van der Waals surface area contributed by atoms with E-state index in [0.717, 1.165) is 10.5 Å². The predicted molar refractivity (Wildman–Crippen MR) is 103 cm³/mol. The zero-order valence-electron chi connectivity index (χ0n) is 13.5. The number of allylic oxidation sites excluding steroid dienone is 1. The molecular weight excluding hydrogens is 312 g/mol. The largest absolute Gasteiger partial charge is 0.289 e. The van der Waals surface area contributed by atoms with Gasteiger partial charge in [-0.05, 0) is 53.3 Å². The van der Waals surface area contributed by atoms with Crippen LogP contribution < -0.4 is 0 Å². The number of hydrogen-bond donors (Lipinski definition) is 0. The first-order valence-electron chi connectivity index (χ1n) is 7.78. The molecule has 0 fully saturated rings. The van der Waals surface area contributed by atoms with Crippen molar-refractivity contribution >= 4 is 23.6 Å². The molecule has 0 saturated heterocycles. The van der Waals surface area contributed by atoms with Crippen LogP contribution in [0.25, 0.3) is 17.2 Å². The average Bonchev–Trinajstić information content (AvgIpc) is 2.67. The number of rotatable bonds is 5. The highest BCUT2D eigenvalue weighted by atomic mass is 32.2. The number of thioether (sulfide) groups is 1. The highest BCUT2D eigenvalue weighted by molar-refractivity contribution is 7.98. The van der Waals surface area contributed by atoms with Gasteiger partial charge >= 0.3 is 0 Å². The number of ketones is 1. The van der Waals surface area contributed by atoms with Gasteiger partial charge in [0.1, 0.15) is 0 Å². The van der Waals surface area contributed by atoms with Gasteiger partial charge in [0.2, 0.25) is 0 Å². The Kier molecular flexibility index (Phi) is 5.29. The summed E-state index contributed by atoms with van der Waals surface area (Å²) in [5.74, 6) is 0.0230. The first-order chi connectivity index (χ1) is 11.8. The lowest BCUT2D eigenvalue weighted by atomic mass is 10.0. The van der Waals surface area contributed by atoms with Crippen molar-refractivity contribution in [3.8, 4) is 11.1 Å². The van der Waals surface area contributed by atoms with E-state index in [1.165, 1.54) is 11.1 Å². The van der Waals surface area contributed by atoms with Crippen molar-refractivity contribution in [2.45, 2.75) is 4.90 Å². The molecule has 0 unspecified atom stereocenters. The Balaban J connectivity index is 1.71. The molecule has 0 aromatic heterocycles. The van der Waals surface area contributed by atoms with Crippen LogP contribution in [-0.2, 0) is 0 Å². The van der Waals surface area contributed by atoms with Crippen LogP contribution in [0.5, 0.6) is 0 Å². The molecule has 0 spiro atoms. The fourth-order valence-electron chi connectivity index (χ4n) is 2.44. The summed E-state index contributed by atoms with van der Waals surface area (Å²) in [7, 11) is 0. The SMILES string of the molecule is CSc1ccc(C(=O)C=Cc2ccc(-c3ccccc3)cc2)cc1. The maximum atomic E-state index is 12.2. The fraction of sp³-hybridized carbons (Fsp3) is 0.0455. The maximum Gasteiger partial charge on any atom is 0.185 e. The van der Waals surface area contributed by atoms with Gasteiger partial charge in [-0.25, -0.2) is 0 Å². The molecule has 0 aliphatic carbocycles. The van der Waals surface area contributed by atoms with Crippen molar-refractivity contribution in [3.05, 3.63) is 96.1 Å². The van der Waals surface area contributed by atoms with Crippen LogP contribution in [0.1, 0.15) is 15.9 Å². The first kappa shape index (κ1) is 16.3. The minimum Gasteiger partial charge on any atom is -0.289 e. The molecule has 0 aliphatic heterocycles. The van der Waals surface area contributed by atoms with Crippen LogP contribution in [0.4, 0.5) is 0 Å². The number of carbonyl (C=O) groups is 1. The Morgan fingerprint density at radius 2 is 1.42 bits per heavy atom. The van der Waals surface area contributed by atoms with E-state index in [1.54, 1.807) is 17.8 Å². The average molecular weight is 330 g/mol. The number of benzene rings is 3. The second kappa shape index (κ2) is 7.80. The summed E-state index contributed by atoms with van der Waals surface area (Å²) >= 11 is 1.67. The van der Waals surface area contributed by atoms with Gasteiger partial charge in [-0.3, -0.25) is 4.79 Å². The van der Waals surface area contributed by atoms with Gasteiger partial charge < -0.3 is 0 Å². The van der Waals surface area contributed by atoms with Crippen molar-refractivity contribution in [1.82, 2.24) is 0 Å². The maximum absolute atomic E-state index is 12.2. The lowest BCUT2D eigenvalue weighted by Gasteiger charge is -2.02. The number of carbonyl (C=O) groups excluding carboxylic acids is 1. The molecule has 2 heteroatoms. The summed E-state index contributed by atoms with van der Waals surface area (Å²) in [4.78, 5) is 13.4. The minimum atomic E-state index is 0.0230. The Labute approximate surface area is 147 Å². The molecule has 3 aromatic carbocycles. The molecule has 3 rings (SSSR count). The Morgan fingerprint density at radius 1 is 0.792 bits per heavy atom. The van der Waals surface area contributed by atoms with Gasteiger partial charge in [0, 0.05) is 10.5 Å². The molecule has 0 aliphatic rings. The molecule has 0 bridgehead atoms. The van der Waals surface area contributed by atoms with Gasteiger partial charge in [-0.2, -0.15) is 0 Å². The van der Waals surface area contributed by atoms with Gasteiger partial charge in [0.25, 0.3) is 0 Å². The molecule has 24 heavy (non-hydrogen) atoms. The first-order valence-corrected chi connectivity index (χ1v) is 9.01. The summed E-state index contributed by atoms with van der Waals surface area (Å²) < 4.78 is 0. The molecule has 0 heterocycles. The van der Waals surface area contributed by atoms with Crippen molar-refractivity contribution in [3.63, 3.8) is 0 Å². The van der Waals surface area contributed by atoms with E-state index in [1.807, 2.05) is 66.9 Å². The van der Waals surface area contributed by atoms with E-state index >= 15 is 0 Å². The summed E-state index contributed by atoms with van der Waals surface area (Å²) in [5, 5.41) is 0. The topological polar surface area (TPSA) is 17.1 Å². The van der Waals surface area contributed by atoms with Gasteiger partial charge in [-0.1, -0.05) is 60.7 Å². The molecule has 118 valence electrons. The van der Waals surface area contributed by atoms with E-state index in [-0.39, 0.29) is 5.78 Å². The lowest BCUT2D eigenvalue weighted by molar-refractivity contribution is 0.104. The zero-order valence-corrected chi connectivity index (χ0v) is 14.3. The second-order valence-corrected chi connectivity index (χ2v) is 6.29. The Bertz CT molecular complexity index is 831. The molecule has 0 atom stereocenters. The summed E-state index contributed by atoms with van der Waals surface area (Å²) in [6.45, 7) is 0. The predicted octanol–water partition coefficient (Wildman–Crippen LogP) is 5.97. The summed E-state index contributed by atoms with van der Waals surface area (Å²) in [6.07, 6.45) is 5.51. The third kappa shape index (κ3) is 4.03. The van der Waals surface area contributed by atoms with Crippen molar-refractivity contribution in [1.29, 1.82) is 0 Å². The molecule has 0 amide bonds. The molecule has 3 aromatic rings. The highest BCUT2D eigenvalue weighted by Gasteiger charge is 2.02. The van der Waals surface area contributed by atoms with Crippen LogP contribution in [0.15, 0.2) is 89.8 Å². The Morgan fingerprint density at radius 3 is 2.04 bits per heavy atom. The molecule has 0 N–H and O–H groups in total. The van der Waals surface area contributed by atoms with E-state index in [0.29, 0.717) is 5.56 Å². The third-order valence-electron chi connectivity index (χ3n) is 3.82. The lowest BCUT2D eigenvalue weighted by Crippen LogP contribution is -1.93.